The van der Waals surface area contributed by atoms with E-state index in [4.69, 9.17) is 0 Å². The van der Waals surface area contributed by atoms with Gasteiger partial charge in [-0.2, -0.15) is 0 Å². The highest BCUT2D eigenvalue weighted by Gasteiger charge is 2.37. The van der Waals surface area contributed by atoms with Crippen LogP contribution in [0.1, 0.15) is 19.4 Å². The molecule has 1 rings (SSSR count). The van der Waals surface area contributed by atoms with Crippen LogP contribution in [0.15, 0.2) is 24.3 Å². The molecule has 2 nitrogen and oxygen atoms in total. The minimum atomic E-state index is -3.15. The average Bonchev–Trinajstić information content (AvgIpc) is 2.19. The summed E-state index contributed by atoms with van der Waals surface area (Å²) in [5.41, 5.74) is 0.907. The lowest BCUT2D eigenvalue weighted by Crippen LogP contribution is -2.41. The first-order chi connectivity index (χ1) is 7.64. The lowest BCUT2D eigenvalue weighted by Gasteiger charge is -2.28. The summed E-state index contributed by atoms with van der Waals surface area (Å²) in [7, 11) is -3.15. The van der Waals surface area contributed by atoms with E-state index >= 15 is 0 Å². The Labute approximate surface area is 110 Å². The predicted molar refractivity (Wildman–Crippen MR) is 71.7 cm³/mol. The van der Waals surface area contributed by atoms with E-state index in [0.29, 0.717) is 6.42 Å². The van der Waals surface area contributed by atoms with Crippen molar-refractivity contribution in [1.82, 2.24) is 0 Å². The third kappa shape index (κ3) is 3.52. The van der Waals surface area contributed by atoms with Crippen molar-refractivity contribution in [2.75, 3.05) is 6.26 Å². The number of benzene rings is 1. The van der Waals surface area contributed by atoms with Gasteiger partial charge in [0.2, 0.25) is 0 Å². The molecule has 0 heterocycles. The van der Waals surface area contributed by atoms with Gasteiger partial charge in [0.15, 0.2) is 9.84 Å². The van der Waals surface area contributed by atoms with Gasteiger partial charge in [-0.05, 0) is 38.0 Å². The molecular weight excluding hydrogens is 307 g/mol. The number of halogens is 2. The standard InChI is InChI=1S/C12H16BrFO2S/c1-12(2,17(3,15)16)11(13)8-9-4-6-10(14)7-5-9/h4-7,11H,8H2,1-3H3. The van der Waals surface area contributed by atoms with Gasteiger partial charge in [-0.25, -0.2) is 12.8 Å². The number of hydrogen-bond donors (Lipinski definition) is 0. The zero-order valence-corrected chi connectivity index (χ0v) is 12.5. The van der Waals surface area contributed by atoms with Crippen molar-refractivity contribution < 1.29 is 12.8 Å². The SMILES string of the molecule is CC(C)(C(Br)Cc1ccc(F)cc1)S(C)(=O)=O. The Balaban J connectivity index is 2.86. The molecule has 0 amide bonds. The molecule has 0 radical (unpaired) electrons. The van der Waals surface area contributed by atoms with E-state index in [1.165, 1.54) is 18.4 Å². The Bertz CT molecular complexity index is 480. The molecule has 0 bridgehead atoms. The van der Waals surface area contributed by atoms with E-state index in [9.17, 15) is 12.8 Å². The summed E-state index contributed by atoms with van der Waals surface area (Å²) in [5, 5.41) is 0. The maximum atomic E-state index is 12.7. The molecule has 0 saturated heterocycles. The maximum Gasteiger partial charge on any atom is 0.153 e. The normalized spacial score (nSPS) is 14.6. The Morgan fingerprint density at radius 1 is 1.29 bits per heavy atom. The van der Waals surface area contributed by atoms with E-state index < -0.39 is 14.6 Å². The Kier molecular flexibility index (Phi) is 4.36. The molecule has 0 fully saturated rings. The summed E-state index contributed by atoms with van der Waals surface area (Å²) >= 11 is 3.42. The van der Waals surface area contributed by atoms with Crippen molar-refractivity contribution in [2.24, 2.45) is 0 Å². The molecule has 0 aliphatic heterocycles. The van der Waals surface area contributed by atoms with E-state index in [1.54, 1.807) is 26.0 Å². The molecule has 0 aliphatic rings. The van der Waals surface area contributed by atoms with Crippen LogP contribution in [-0.2, 0) is 16.3 Å². The van der Waals surface area contributed by atoms with Gasteiger partial charge in [-0.15, -0.1) is 0 Å². The quantitative estimate of drug-likeness (QED) is 0.799. The summed E-state index contributed by atoms with van der Waals surface area (Å²) in [6, 6.07) is 6.09. The second kappa shape index (κ2) is 5.06. The van der Waals surface area contributed by atoms with E-state index in [1.807, 2.05) is 0 Å². The number of rotatable bonds is 4. The topological polar surface area (TPSA) is 34.1 Å². The van der Waals surface area contributed by atoms with Crippen molar-refractivity contribution in [1.29, 1.82) is 0 Å². The van der Waals surface area contributed by atoms with Gasteiger partial charge < -0.3 is 0 Å². The van der Waals surface area contributed by atoms with Crippen molar-refractivity contribution in [3.05, 3.63) is 35.6 Å². The highest BCUT2D eigenvalue weighted by atomic mass is 79.9. The molecule has 96 valence electrons. The second-order valence-corrected chi connectivity index (χ2v) is 8.38. The van der Waals surface area contributed by atoms with Gasteiger partial charge in [0.1, 0.15) is 5.82 Å². The van der Waals surface area contributed by atoms with Crippen LogP contribution in [0.5, 0.6) is 0 Å². The largest absolute Gasteiger partial charge is 0.229 e. The van der Waals surface area contributed by atoms with E-state index in [-0.39, 0.29) is 10.6 Å². The molecule has 0 aromatic heterocycles. The fraction of sp³-hybridized carbons (Fsp3) is 0.500. The third-order valence-corrected chi connectivity index (χ3v) is 7.01. The van der Waals surface area contributed by atoms with Crippen LogP contribution < -0.4 is 0 Å². The first-order valence-electron chi connectivity index (χ1n) is 5.22. The Hall–Kier alpha value is -0.420. The molecule has 0 N–H and O–H groups in total. The molecule has 1 atom stereocenters. The van der Waals surface area contributed by atoms with Gasteiger partial charge in [-0.3, -0.25) is 0 Å². The smallest absolute Gasteiger partial charge is 0.153 e. The van der Waals surface area contributed by atoms with Gasteiger partial charge in [0.25, 0.3) is 0 Å². The third-order valence-electron chi connectivity index (χ3n) is 3.04. The Morgan fingerprint density at radius 2 is 1.76 bits per heavy atom. The van der Waals surface area contributed by atoms with Crippen LogP contribution in [0, 0.1) is 5.82 Å². The summed E-state index contributed by atoms with van der Waals surface area (Å²) in [4.78, 5) is -0.213. The zero-order valence-electron chi connectivity index (χ0n) is 10.1. The first kappa shape index (κ1) is 14.6. The van der Waals surface area contributed by atoms with Crippen molar-refractivity contribution in [2.45, 2.75) is 29.8 Å². The summed E-state index contributed by atoms with van der Waals surface area (Å²) in [5.74, 6) is -0.290. The fourth-order valence-corrected chi connectivity index (χ4v) is 3.25. The first-order valence-corrected chi connectivity index (χ1v) is 8.03. The molecule has 0 spiro atoms. The van der Waals surface area contributed by atoms with Gasteiger partial charge in [-0.1, -0.05) is 28.1 Å². The van der Waals surface area contributed by atoms with Crippen molar-refractivity contribution in [3.8, 4) is 0 Å². The minimum absolute atomic E-state index is 0.213. The highest BCUT2D eigenvalue weighted by Crippen LogP contribution is 2.28. The van der Waals surface area contributed by atoms with Gasteiger partial charge >= 0.3 is 0 Å². The summed E-state index contributed by atoms with van der Waals surface area (Å²) in [6.45, 7) is 3.37. The van der Waals surface area contributed by atoms with Crippen LogP contribution in [0.3, 0.4) is 0 Å². The molecule has 1 unspecified atom stereocenters. The van der Waals surface area contributed by atoms with E-state index in [0.717, 1.165) is 5.56 Å². The van der Waals surface area contributed by atoms with E-state index in [2.05, 4.69) is 15.9 Å². The monoisotopic (exact) mass is 322 g/mol. The van der Waals surface area contributed by atoms with Crippen LogP contribution in [0.2, 0.25) is 0 Å². The number of hydrogen-bond acceptors (Lipinski definition) is 2. The molecule has 0 saturated carbocycles. The molecule has 1 aromatic carbocycles. The van der Waals surface area contributed by atoms with Gasteiger partial charge in [0.05, 0.1) is 4.75 Å². The lowest BCUT2D eigenvalue weighted by molar-refractivity contribution is 0.542. The van der Waals surface area contributed by atoms with Crippen molar-refractivity contribution in [3.63, 3.8) is 0 Å². The van der Waals surface area contributed by atoms with Crippen LogP contribution in [-0.4, -0.2) is 24.2 Å². The summed E-state index contributed by atoms with van der Waals surface area (Å²) in [6.07, 6.45) is 1.77. The Morgan fingerprint density at radius 3 is 2.18 bits per heavy atom. The molecule has 0 aliphatic carbocycles. The van der Waals surface area contributed by atoms with Crippen molar-refractivity contribution >= 4 is 25.8 Å². The lowest BCUT2D eigenvalue weighted by atomic mass is 10.0. The molecular formula is C12H16BrFO2S. The molecule has 17 heavy (non-hydrogen) atoms. The maximum absolute atomic E-state index is 12.7. The van der Waals surface area contributed by atoms with Crippen LogP contribution in [0.25, 0.3) is 0 Å². The second-order valence-electron chi connectivity index (χ2n) is 4.67. The number of alkyl halides is 1. The van der Waals surface area contributed by atoms with Crippen LogP contribution in [0.4, 0.5) is 4.39 Å². The molecule has 1 aromatic rings. The minimum Gasteiger partial charge on any atom is -0.229 e. The summed E-state index contributed by atoms with van der Waals surface area (Å²) < 4.78 is 35.2. The molecule has 5 heteroatoms. The number of sulfone groups is 1. The predicted octanol–water partition coefficient (Wildman–Crippen LogP) is 2.95. The highest BCUT2D eigenvalue weighted by molar-refractivity contribution is 9.09. The zero-order chi connectivity index (χ0) is 13.3. The fourth-order valence-electron chi connectivity index (χ4n) is 1.31. The average molecular weight is 323 g/mol. The van der Waals surface area contributed by atoms with Crippen LogP contribution >= 0.6 is 15.9 Å². The van der Waals surface area contributed by atoms with Gasteiger partial charge in [0, 0.05) is 11.1 Å².